The number of hydrogen-bond donors (Lipinski definition) is 0. The second-order valence-corrected chi connectivity index (χ2v) is 5.03. The van der Waals surface area contributed by atoms with Gasteiger partial charge in [-0.3, -0.25) is 4.90 Å². The number of carbonyl (C=O) groups excluding carboxylic acids is 1. The summed E-state index contributed by atoms with van der Waals surface area (Å²) in [4.78, 5) is 13.5. The lowest BCUT2D eigenvalue weighted by atomic mass is 10.2. The third-order valence-electron chi connectivity index (χ3n) is 1.99. The van der Waals surface area contributed by atoms with Gasteiger partial charge in [0, 0.05) is 18.1 Å². The van der Waals surface area contributed by atoms with Crippen molar-refractivity contribution in [1.29, 1.82) is 0 Å². The van der Waals surface area contributed by atoms with E-state index in [2.05, 4.69) is 0 Å². The first-order valence-electron chi connectivity index (χ1n) is 5.55. The molecule has 1 aromatic carbocycles. The maximum Gasteiger partial charge on any atom is 0.414 e. The molecule has 17 heavy (non-hydrogen) atoms. The van der Waals surface area contributed by atoms with Crippen molar-refractivity contribution in [3.8, 4) is 0 Å². The van der Waals surface area contributed by atoms with Crippen LogP contribution in [0.15, 0.2) is 30.3 Å². The normalized spacial score (nSPS) is 11.1. The first kappa shape index (κ1) is 13.8. The van der Waals surface area contributed by atoms with E-state index in [1.54, 1.807) is 0 Å². The van der Waals surface area contributed by atoms with Gasteiger partial charge in [0.1, 0.15) is 5.60 Å². The summed E-state index contributed by atoms with van der Waals surface area (Å²) in [6.45, 7) is 5.96. The van der Waals surface area contributed by atoms with Gasteiger partial charge in [-0.25, -0.2) is 4.79 Å². The molecule has 4 heteroatoms. The molecule has 1 aromatic rings. The molecule has 0 aliphatic rings. The van der Waals surface area contributed by atoms with Crippen molar-refractivity contribution in [1.82, 2.24) is 0 Å². The Bertz CT molecular complexity index is 359. The van der Waals surface area contributed by atoms with Crippen molar-refractivity contribution < 1.29 is 9.53 Å². The highest BCUT2D eigenvalue weighted by Crippen LogP contribution is 2.17. The summed E-state index contributed by atoms with van der Waals surface area (Å²) in [6.07, 6.45) is -0.371. The highest BCUT2D eigenvalue weighted by atomic mass is 35.5. The van der Waals surface area contributed by atoms with Crippen LogP contribution in [-0.4, -0.2) is 24.1 Å². The monoisotopic (exact) mass is 255 g/mol. The maximum atomic E-state index is 12.0. The van der Waals surface area contributed by atoms with Crippen molar-refractivity contribution in [3.05, 3.63) is 30.3 Å². The van der Waals surface area contributed by atoms with Crippen molar-refractivity contribution in [3.63, 3.8) is 0 Å². The molecule has 1 amide bonds. The SMILES string of the molecule is CC(C)(C)OC(=O)N(CCCl)c1ccccc1. The van der Waals surface area contributed by atoms with E-state index in [0.29, 0.717) is 12.4 Å². The summed E-state index contributed by atoms with van der Waals surface area (Å²) in [7, 11) is 0. The summed E-state index contributed by atoms with van der Waals surface area (Å²) in [5.41, 5.74) is 0.290. The number of benzene rings is 1. The summed E-state index contributed by atoms with van der Waals surface area (Å²) >= 11 is 5.71. The number of halogens is 1. The lowest BCUT2D eigenvalue weighted by Gasteiger charge is -2.26. The van der Waals surface area contributed by atoms with E-state index in [0.717, 1.165) is 5.69 Å². The smallest absolute Gasteiger partial charge is 0.414 e. The van der Waals surface area contributed by atoms with Crippen LogP contribution >= 0.6 is 11.6 Å². The summed E-state index contributed by atoms with van der Waals surface area (Å²) in [5, 5.41) is 0. The van der Waals surface area contributed by atoms with E-state index in [9.17, 15) is 4.79 Å². The topological polar surface area (TPSA) is 29.5 Å². The first-order valence-corrected chi connectivity index (χ1v) is 6.09. The van der Waals surface area contributed by atoms with Gasteiger partial charge in [0.05, 0.1) is 0 Å². The van der Waals surface area contributed by atoms with E-state index in [-0.39, 0.29) is 6.09 Å². The Balaban J connectivity index is 2.83. The molecule has 0 aliphatic carbocycles. The first-order chi connectivity index (χ1) is 7.94. The highest BCUT2D eigenvalue weighted by Gasteiger charge is 2.22. The molecule has 0 aromatic heterocycles. The number of amides is 1. The van der Waals surface area contributed by atoms with Crippen LogP contribution in [-0.2, 0) is 4.74 Å². The van der Waals surface area contributed by atoms with Gasteiger partial charge in [0.25, 0.3) is 0 Å². The molecule has 0 fully saturated rings. The van der Waals surface area contributed by atoms with Crippen LogP contribution in [0, 0.1) is 0 Å². The third kappa shape index (κ3) is 4.65. The highest BCUT2D eigenvalue weighted by molar-refractivity contribution is 6.18. The van der Waals surface area contributed by atoms with Gasteiger partial charge >= 0.3 is 6.09 Å². The van der Waals surface area contributed by atoms with Crippen molar-refractivity contribution >= 4 is 23.4 Å². The van der Waals surface area contributed by atoms with Crippen LogP contribution in [0.5, 0.6) is 0 Å². The number of rotatable bonds is 3. The zero-order valence-electron chi connectivity index (χ0n) is 10.4. The molecule has 0 radical (unpaired) electrons. The Morgan fingerprint density at radius 3 is 2.35 bits per heavy atom. The standard InChI is InChI=1S/C13H18ClNO2/c1-13(2,3)17-12(16)15(10-9-14)11-7-5-4-6-8-11/h4-8H,9-10H2,1-3H3. The van der Waals surface area contributed by atoms with Crippen LogP contribution in [0.1, 0.15) is 20.8 Å². The van der Waals surface area contributed by atoms with E-state index >= 15 is 0 Å². The van der Waals surface area contributed by atoms with Crippen LogP contribution in [0.2, 0.25) is 0 Å². The van der Waals surface area contributed by atoms with Crippen molar-refractivity contribution in [2.24, 2.45) is 0 Å². The molecule has 0 N–H and O–H groups in total. The van der Waals surface area contributed by atoms with Crippen LogP contribution in [0.25, 0.3) is 0 Å². The molecule has 0 atom stereocenters. The van der Waals surface area contributed by atoms with E-state index in [4.69, 9.17) is 16.3 Å². The second kappa shape index (κ2) is 5.92. The summed E-state index contributed by atoms with van der Waals surface area (Å²) in [5.74, 6) is 0.369. The minimum atomic E-state index is -0.504. The van der Waals surface area contributed by atoms with Gasteiger partial charge in [-0.1, -0.05) is 18.2 Å². The minimum Gasteiger partial charge on any atom is -0.443 e. The molecule has 0 saturated heterocycles. The fourth-order valence-electron chi connectivity index (χ4n) is 1.34. The van der Waals surface area contributed by atoms with Crippen molar-refractivity contribution in [2.45, 2.75) is 26.4 Å². The van der Waals surface area contributed by atoms with Crippen LogP contribution in [0.4, 0.5) is 10.5 Å². The van der Waals surface area contributed by atoms with E-state index in [1.165, 1.54) is 4.90 Å². The third-order valence-corrected chi connectivity index (χ3v) is 2.16. The van der Waals surface area contributed by atoms with Gasteiger partial charge in [-0.15, -0.1) is 11.6 Å². The minimum absolute atomic E-state index is 0.369. The Morgan fingerprint density at radius 1 is 1.29 bits per heavy atom. The lowest BCUT2D eigenvalue weighted by Crippen LogP contribution is -2.38. The quantitative estimate of drug-likeness (QED) is 0.772. The van der Waals surface area contributed by atoms with Gasteiger partial charge < -0.3 is 4.74 Å². The molecule has 0 spiro atoms. The number of ether oxygens (including phenoxy) is 1. The van der Waals surface area contributed by atoms with Gasteiger partial charge in [-0.2, -0.15) is 0 Å². The number of carbonyl (C=O) groups is 1. The molecule has 3 nitrogen and oxygen atoms in total. The predicted molar refractivity (Wildman–Crippen MR) is 70.7 cm³/mol. The Kier molecular flexibility index (Phi) is 4.82. The Morgan fingerprint density at radius 2 is 1.88 bits per heavy atom. The number of nitrogens with zero attached hydrogens (tertiary/aromatic N) is 1. The summed E-state index contributed by atoms with van der Waals surface area (Å²) in [6, 6.07) is 9.37. The Labute approximate surface area is 107 Å². The molecule has 0 heterocycles. The fraction of sp³-hybridized carbons (Fsp3) is 0.462. The largest absolute Gasteiger partial charge is 0.443 e. The number of anilines is 1. The fourth-order valence-corrected chi connectivity index (χ4v) is 1.50. The molecule has 1 rings (SSSR count). The Hall–Kier alpha value is -1.22. The number of alkyl halides is 1. The molecule has 0 saturated carbocycles. The average Bonchev–Trinajstić information content (AvgIpc) is 2.24. The molecule has 0 unspecified atom stereocenters. The molecule has 94 valence electrons. The second-order valence-electron chi connectivity index (χ2n) is 4.66. The molecular formula is C13H18ClNO2. The summed E-state index contributed by atoms with van der Waals surface area (Å²) < 4.78 is 5.34. The van der Waals surface area contributed by atoms with Crippen LogP contribution in [0.3, 0.4) is 0 Å². The molecule has 0 aliphatic heterocycles. The van der Waals surface area contributed by atoms with Gasteiger partial charge in [0.15, 0.2) is 0 Å². The van der Waals surface area contributed by atoms with E-state index < -0.39 is 5.60 Å². The zero-order chi connectivity index (χ0) is 12.9. The maximum absolute atomic E-state index is 12.0. The molecule has 0 bridgehead atoms. The number of para-hydroxylation sites is 1. The zero-order valence-corrected chi connectivity index (χ0v) is 11.2. The van der Waals surface area contributed by atoms with Gasteiger partial charge in [-0.05, 0) is 32.9 Å². The van der Waals surface area contributed by atoms with Gasteiger partial charge in [0.2, 0.25) is 0 Å². The van der Waals surface area contributed by atoms with Crippen molar-refractivity contribution in [2.75, 3.05) is 17.3 Å². The van der Waals surface area contributed by atoms with Crippen LogP contribution < -0.4 is 4.90 Å². The predicted octanol–water partition coefficient (Wildman–Crippen LogP) is 3.67. The van der Waals surface area contributed by atoms with E-state index in [1.807, 2.05) is 51.1 Å². The average molecular weight is 256 g/mol. The molecular weight excluding hydrogens is 238 g/mol. The number of hydrogen-bond acceptors (Lipinski definition) is 2. The lowest BCUT2D eigenvalue weighted by molar-refractivity contribution is 0.0582.